The van der Waals surface area contributed by atoms with Gasteiger partial charge in [0.25, 0.3) is 11.5 Å². The second-order valence-electron chi connectivity index (χ2n) is 7.27. The van der Waals surface area contributed by atoms with Gasteiger partial charge in [-0.15, -0.1) is 0 Å². The molecule has 2 aliphatic rings. The summed E-state index contributed by atoms with van der Waals surface area (Å²) in [6, 6.07) is 5.42. The molecule has 0 saturated carbocycles. The first-order valence-electron chi connectivity index (χ1n) is 10.4. The number of ether oxygens (including phenoxy) is 1. The minimum absolute atomic E-state index is 0.173. The second kappa shape index (κ2) is 9.90. The number of nitrogens with zero attached hydrogens (tertiary/aromatic N) is 4. The van der Waals surface area contributed by atoms with Gasteiger partial charge in [-0.2, -0.15) is 0 Å². The average Bonchev–Trinajstić information content (AvgIpc) is 3.06. The van der Waals surface area contributed by atoms with Crippen LogP contribution in [-0.2, 0) is 9.53 Å². The summed E-state index contributed by atoms with van der Waals surface area (Å²) in [6.07, 6.45) is 4.21. The molecule has 0 aliphatic carbocycles. The average molecular weight is 460 g/mol. The number of rotatable bonds is 7. The Labute approximate surface area is 190 Å². The highest BCUT2D eigenvalue weighted by molar-refractivity contribution is 8.26. The molecule has 0 bridgehead atoms. The smallest absolute Gasteiger partial charge is 0.267 e. The number of nitrogens with one attached hydrogen (secondary N) is 1. The van der Waals surface area contributed by atoms with Gasteiger partial charge in [-0.25, -0.2) is 4.98 Å². The van der Waals surface area contributed by atoms with Crippen LogP contribution in [0.4, 0.5) is 5.82 Å². The highest BCUT2D eigenvalue weighted by Gasteiger charge is 2.31. The van der Waals surface area contributed by atoms with Crippen LogP contribution in [0.15, 0.2) is 34.1 Å². The molecule has 164 valence electrons. The lowest BCUT2D eigenvalue weighted by molar-refractivity contribution is -0.121. The van der Waals surface area contributed by atoms with E-state index in [1.165, 1.54) is 21.1 Å². The molecule has 0 spiro atoms. The standard InChI is InChI=1S/C21H25N5O3S2/c1-2-25-20(28)16(31-21(25)30)14-15-18(22-7-5-8-24-10-12-29-13-11-24)23-17-6-3-4-9-26(17)19(15)27/h3-4,6,9,14,22H,2,5,7-8,10-13H2,1H3. The molecule has 0 unspecified atom stereocenters. The van der Waals surface area contributed by atoms with Gasteiger partial charge in [0.1, 0.15) is 15.8 Å². The van der Waals surface area contributed by atoms with Crippen molar-refractivity contribution in [2.75, 3.05) is 51.3 Å². The summed E-state index contributed by atoms with van der Waals surface area (Å²) in [5.41, 5.74) is 0.705. The molecule has 8 nitrogen and oxygen atoms in total. The highest BCUT2D eigenvalue weighted by Crippen LogP contribution is 2.32. The lowest BCUT2D eigenvalue weighted by Gasteiger charge is -2.26. The molecule has 1 N–H and O–H groups in total. The predicted octanol–water partition coefficient (Wildman–Crippen LogP) is 2.05. The van der Waals surface area contributed by atoms with Gasteiger partial charge in [-0.1, -0.05) is 30.0 Å². The number of thioether (sulfide) groups is 1. The summed E-state index contributed by atoms with van der Waals surface area (Å²) < 4.78 is 7.39. The molecule has 2 aromatic rings. The lowest BCUT2D eigenvalue weighted by atomic mass is 10.2. The Hall–Kier alpha value is -2.27. The van der Waals surface area contributed by atoms with Crippen LogP contribution in [0.3, 0.4) is 0 Å². The van der Waals surface area contributed by atoms with E-state index in [1.54, 1.807) is 24.4 Å². The van der Waals surface area contributed by atoms with Crippen molar-refractivity contribution in [3.05, 3.63) is 45.2 Å². The monoisotopic (exact) mass is 459 g/mol. The van der Waals surface area contributed by atoms with E-state index in [0.29, 0.717) is 39.3 Å². The predicted molar refractivity (Wildman–Crippen MR) is 127 cm³/mol. The van der Waals surface area contributed by atoms with Gasteiger partial charge in [-0.05, 0) is 38.1 Å². The molecule has 1 amide bonds. The molecular formula is C21H25N5O3S2. The summed E-state index contributed by atoms with van der Waals surface area (Å²) in [5.74, 6) is 0.313. The fraction of sp³-hybridized carbons (Fsp3) is 0.429. The van der Waals surface area contributed by atoms with Gasteiger partial charge in [0.2, 0.25) is 0 Å². The Morgan fingerprint density at radius 3 is 2.84 bits per heavy atom. The van der Waals surface area contributed by atoms with E-state index in [0.717, 1.165) is 39.3 Å². The molecule has 31 heavy (non-hydrogen) atoms. The molecule has 2 fully saturated rings. The zero-order valence-electron chi connectivity index (χ0n) is 17.4. The SMILES string of the molecule is CCN1C(=O)C(=Cc2c(NCCCN3CCOCC3)nc3ccccn3c2=O)SC1=S. The van der Waals surface area contributed by atoms with Gasteiger partial charge in [0, 0.05) is 32.4 Å². The number of hydrogen-bond acceptors (Lipinski definition) is 8. The van der Waals surface area contributed by atoms with Crippen molar-refractivity contribution in [2.45, 2.75) is 13.3 Å². The number of pyridine rings is 1. The van der Waals surface area contributed by atoms with Crippen LogP contribution < -0.4 is 10.9 Å². The Bertz CT molecular complexity index is 1080. The number of fused-ring (bicyclic) bond motifs is 1. The maximum Gasteiger partial charge on any atom is 0.267 e. The van der Waals surface area contributed by atoms with E-state index in [9.17, 15) is 9.59 Å². The molecule has 2 saturated heterocycles. The third kappa shape index (κ3) is 4.82. The maximum absolute atomic E-state index is 13.2. The number of amides is 1. The van der Waals surface area contributed by atoms with Crippen molar-refractivity contribution in [3.8, 4) is 0 Å². The van der Waals surface area contributed by atoms with Crippen molar-refractivity contribution in [2.24, 2.45) is 0 Å². The van der Waals surface area contributed by atoms with Crippen LogP contribution in [0.5, 0.6) is 0 Å². The Balaban J connectivity index is 1.59. The van der Waals surface area contributed by atoms with Gasteiger partial charge in [0.05, 0.1) is 23.7 Å². The summed E-state index contributed by atoms with van der Waals surface area (Å²) >= 11 is 6.52. The molecular weight excluding hydrogens is 434 g/mol. The summed E-state index contributed by atoms with van der Waals surface area (Å²) in [4.78, 5) is 34.9. The maximum atomic E-state index is 13.2. The fourth-order valence-corrected chi connectivity index (χ4v) is 4.97. The molecule has 0 aromatic carbocycles. The van der Waals surface area contributed by atoms with Crippen LogP contribution in [0.2, 0.25) is 0 Å². The molecule has 10 heteroatoms. The van der Waals surface area contributed by atoms with Crippen LogP contribution in [-0.4, -0.2) is 75.3 Å². The van der Waals surface area contributed by atoms with Crippen molar-refractivity contribution < 1.29 is 9.53 Å². The number of carbonyl (C=O) groups excluding carboxylic acids is 1. The highest BCUT2D eigenvalue weighted by atomic mass is 32.2. The fourth-order valence-electron chi connectivity index (χ4n) is 3.61. The Morgan fingerprint density at radius 2 is 2.10 bits per heavy atom. The van der Waals surface area contributed by atoms with Crippen LogP contribution in [0, 0.1) is 0 Å². The topological polar surface area (TPSA) is 79.2 Å². The van der Waals surface area contributed by atoms with Gasteiger partial charge < -0.3 is 10.1 Å². The summed E-state index contributed by atoms with van der Waals surface area (Å²) in [7, 11) is 0. The number of thiocarbonyl (C=S) groups is 1. The summed E-state index contributed by atoms with van der Waals surface area (Å²) in [6.45, 7) is 7.44. The molecule has 4 rings (SSSR count). The first-order chi connectivity index (χ1) is 15.1. The molecule has 4 heterocycles. The van der Waals surface area contributed by atoms with Crippen LogP contribution >= 0.6 is 24.0 Å². The van der Waals surface area contributed by atoms with Gasteiger partial charge in [0.15, 0.2) is 0 Å². The second-order valence-corrected chi connectivity index (χ2v) is 8.94. The van der Waals surface area contributed by atoms with Crippen LogP contribution in [0.25, 0.3) is 11.7 Å². The van der Waals surface area contributed by atoms with E-state index in [4.69, 9.17) is 17.0 Å². The number of aromatic nitrogens is 2. The van der Waals surface area contributed by atoms with Gasteiger partial charge >= 0.3 is 0 Å². The van der Waals surface area contributed by atoms with Crippen molar-refractivity contribution in [3.63, 3.8) is 0 Å². The molecule has 0 atom stereocenters. The minimum atomic E-state index is -0.219. The van der Waals surface area contributed by atoms with Crippen molar-refractivity contribution in [1.29, 1.82) is 0 Å². The third-order valence-corrected chi connectivity index (χ3v) is 6.66. The number of morpholine rings is 1. The van der Waals surface area contributed by atoms with Crippen LogP contribution in [0.1, 0.15) is 18.9 Å². The van der Waals surface area contributed by atoms with Crippen molar-refractivity contribution >= 4 is 51.7 Å². The minimum Gasteiger partial charge on any atom is -0.379 e. The Morgan fingerprint density at radius 1 is 1.29 bits per heavy atom. The van der Waals surface area contributed by atoms with E-state index in [-0.39, 0.29) is 11.5 Å². The Kier molecular flexibility index (Phi) is 7.01. The normalized spacial score (nSPS) is 19.0. The molecule has 0 radical (unpaired) electrons. The first-order valence-corrected chi connectivity index (χ1v) is 11.6. The third-order valence-electron chi connectivity index (χ3n) is 5.28. The van der Waals surface area contributed by atoms with E-state index in [1.807, 2.05) is 13.0 Å². The van der Waals surface area contributed by atoms with Gasteiger partial charge in [-0.3, -0.25) is 23.8 Å². The van der Waals surface area contributed by atoms with E-state index in [2.05, 4.69) is 15.2 Å². The van der Waals surface area contributed by atoms with Crippen molar-refractivity contribution in [1.82, 2.24) is 19.2 Å². The van der Waals surface area contributed by atoms with E-state index < -0.39 is 0 Å². The summed E-state index contributed by atoms with van der Waals surface area (Å²) in [5, 5.41) is 3.32. The molecule has 2 aromatic heterocycles. The molecule has 2 aliphatic heterocycles. The number of anilines is 1. The quantitative estimate of drug-likeness (QED) is 0.383. The lowest BCUT2D eigenvalue weighted by Crippen LogP contribution is -2.37. The number of likely N-dealkylation sites (N-methyl/N-ethyl adjacent to an activating group) is 1. The largest absolute Gasteiger partial charge is 0.379 e. The zero-order valence-corrected chi connectivity index (χ0v) is 19.0. The number of hydrogen-bond donors (Lipinski definition) is 1. The first kappa shape index (κ1) is 21.9. The van der Waals surface area contributed by atoms with E-state index >= 15 is 0 Å². The number of carbonyl (C=O) groups is 1. The zero-order chi connectivity index (χ0) is 21.8.